The highest BCUT2D eigenvalue weighted by molar-refractivity contribution is 6.00. The van der Waals surface area contributed by atoms with E-state index in [9.17, 15) is 19.2 Å². The number of nitrogens with one attached hydrogen (secondary N) is 2. The summed E-state index contributed by atoms with van der Waals surface area (Å²) in [6, 6.07) is 9.27. The van der Waals surface area contributed by atoms with Crippen LogP contribution in [0.5, 0.6) is 0 Å². The Morgan fingerprint density at radius 2 is 1.57 bits per heavy atom. The first kappa shape index (κ1) is 32.3. The number of amides is 4. The number of ether oxygens (including phenoxy) is 1. The lowest BCUT2D eigenvalue weighted by molar-refractivity contribution is -0.141. The smallest absolute Gasteiger partial charge is 0.408 e. The quantitative estimate of drug-likeness (QED) is 0.361. The first-order valence-corrected chi connectivity index (χ1v) is 13.7. The highest BCUT2D eigenvalue weighted by Gasteiger charge is 2.36. The molecule has 2 aromatic rings. The second kappa shape index (κ2) is 14.0. The van der Waals surface area contributed by atoms with E-state index in [1.807, 2.05) is 71.0 Å². The number of carbonyl (C=O) groups excluding carboxylic acids is 4. The van der Waals surface area contributed by atoms with Gasteiger partial charge in [0.2, 0.25) is 11.8 Å². The molecule has 0 aliphatic rings. The Morgan fingerprint density at radius 1 is 0.950 bits per heavy atom. The zero-order valence-corrected chi connectivity index (χ0v) is 25.0. The number of anilines is 1. The Kier molecular flexibility index (Phi) is 11.3. The number of primary amides is 1. The molecule has 4 N–H and O–H groups in total. The Balaban J connectivity index is 2.58. The van der Waals surface area contributed by atoms with Gasteiger partial charge in [-0.05, 0) is 89.1 Å². The number of aryl methyl sites for hydroxylation is 4. The average molecular weight is 553 g/mol. The number of carbonyl (C=O) groups is 4. The molecule has 0 heterocycles. The zero-order valence-electron chi connectivity index (χ0n) is 25.0. The zero-order chi connectivity index (χ0) is 30.2. The number of nitrogens with zero attached hydrogens (tertiary/aromatic N) is 1. The van der Waals surface area contributed by atoms with Crippen LogP contribution in [0.15, 0.2) is 36.4 Å². The Morgan fingerprint density at radius 3 is 2.10 bits per heavy atom. The molecule has 0 aliphatic heterocycles. The summed E-state index contributed by atoms with van der Waals surface area (Å²) < 4.78 is 5.38. The van der Waals surface area contributed by atoms with Gasteiger partial charge in [0.1, 0.15) is 17.7 Å². The van der Waals surface area contributed by atoms with Gasteiger partial charge in [-0.15, -0.1) is 0 Å². The van der Waals surface area contributed by atoms with Crippen molar-refractivity contribution in [3.8, 4) is 0 Å². The van der Waals surface area contributed by atoms with Gasteiger partial charge in [0.15, 0.2) is 0 Å². The van der Waals surface area contributed by atoms with Crippen LogP contribution < -0.4 is 16.4 Å². The van der Waals surface area contributed by atoms with Crippen molar-refractivity contribution in [2.24, 2.45) is 5.73 Å². The van der Waals surface area contributed by atoms with Gasteiger partial charge < -0.3 is 26.0 Å². The van der Waals surface area contributed by atoms with Gasteiger partial charge in [0.05, 0.1) is 0 Å². The van der Waals surface area contributed by atoms with E-state index in [0.717, 1.165) is 22.3 Å². The second-order valence-electron chi connectivity index (χ2n) is 11.2. The maximum absolute atomic E-state index is 14.1. The molecular weight excluding hydrogens is 508 g/mol. The minimum absolute atomic E-state index is 0.0359. The molecule has 0 saturated heterocycles. The van der Waals surface area contributed by atoms with Crippen LogP contribution in [0.25, 0.3) is 0 Å². The summed E-state index contributed by atoms with van der Waals surface area (Å²) in [6.07, 6.45) is -0.408. The lowest BCUT2D eigenvalue weighted by Gasteiger charge is -2.34. The van der Waals surface area contributed by atoms with Gasteiger partial charge in [0.25, 0.3) is 5.91 Å². The fourth-order valence-electron chi connectivity index (χ4n) is 4.41. The summed E-state index contributed by atoms with van der Waals surface area (Å²) in [5, 5.41) is 5.66. The van der Waals surface area contributed by atoms with E-state index < -0.39 is 35.6 Å². The van der Waals surface area contributed by atoms with Crippen molar-refractivity contribution in [1.29, 1.82) is 0 Å². The number of alkyl carbamates (subject to hydrolysis) is 1. The summed E-state index contributed by atoms with van der Waals surface area (Å²) in [4.78, 5) is 53.9. The van der Waals surface area contributed by atoms with Crippen molar-refractivity contribution in [3.05, 3.63) is 64.2 Å². The number of rotatable bonds is 11. The molecule has 0 radical (unpaired) electrons. The number of benzene rings is 2. The third-order valence-corrected chi connectivity index (χ3v) is 6.55. The summed E-state index contributed by atoms with van der Waals surface area (Å²) in [5.74, 6) is -1.49. The molecular formula is C31H44N4O5. The largest absolute Gasteiger partial charge is 0.444 e. The molecule has 2 unspecified atom stereocenters. The summed E-state index contributed by atoms with van der Waals surface area (Å²) in [6.45, 7) is 15.0. The van der Waals surface area contributed by atoms with Crippen LogP contribution in [-0.4, -0.2) is 46.9 Å². The molecule has 0 fully saturated rings. The van der Waals surface area contributed by atoms with E-state index in [2.05, 4.69) is 10.6 Å². The number of nitrogens with two attached hydrogens (primary N) is 1. The fraction of sp³-hybridized carbons (Fsp3) is 0.484. The van der Waals surface area contributed by atoms with Crippen molar-refractivity contribution < 1.29 is 23.9 Å². The SMILES string of the molecule is CCCN(C(=O)C(CCC(N)=O)NC(=O)OC(C)(C)C)C(C(=O)Nc1c(C)cccc1C)c1ccc(C)c(C)c1. The maximum Gasteiger partial charge on any atom is 0.408 e. The monoisotopic (exact) mass is 552 g/mol. The maximum atomic E-state index is 14.1. The van der Waals surface area contributed by atoms with Crippen molar-refractivity contribution in [2.45, 2.75) is 92.3 Å². The molecule has 9 heteroatoms. The van der Waals surface area contributed by atoms with Crippen LogP contribution in [0.4, 0.5) is 10.5 Å². The molecule has 2 rings (SSSR count). The van der Waals surface area contributed by atoms with Crippen molar-refractivity contribution in [1.82, 2.24) is 10.2 Å². The minimum Gasteiger partial charge on any atom is -0.444 e. The van der Waals surface area contributed by atoms with Gasteiger partial charge in [-0.1, -0.05) is 43.3 Å². The number of hydrogen-bond donors (Lipinski definition) is 3. The summed E-state index contributed by atoms with van der Waals surface area (Å²) in [7, 11) is 0. The molecule has 0 saturated carbocycles. The predicted octanol–water partition coefficient (Wildman–Crippen LogP) is 5.00. The third-order valence-electron chi connectivity index (χ3n) is 6.55. The van der Waals surface area contributed by atoms with Crippen molar-refractivity contribution >= 4 is 29.5 Å². The Bertz CT molecular complexity index is 1210. The van der Waals surface area contributed by atoms with Crippen LogP contribution in [0.2, 0.25) is 0 Å². The lowest BCUT2D eigenvalue weighted by Crippen LogP contribution is -2.52. The molecule has 218 valence electrons. The minimum atomic E-state index is -1.13. The van der Waals surface area contributed by atoms with Crippen LogP contribution >= 0.6 is 0 Å². The molecule has 9 nitrogen and oxygen atoms in total. The second-order valence-corrected chi connectivity index (χ2v) is 11.2. The number of para-hydroxylation sites is 1. The van der Waals surface area contributed by atoms with Gasteiger partial charge >= 0.3 is 6.09 Å². The number of hydrogen-bond acceptors (Lipinski definition) is 5. The summed E-state index contributed by atoms with van der Waals surface area (Å²) in [5.41, 5.74) is 9.73. The molecule has 0 aliphatic carbocycles. The van der Waals surface area contributed by atoms with Crippen LogP contribution in [0.1, 0.15) is 80.8 Å². The van der Waals surface area contributed by atoms with Crippen LogP contribution in [0.3, 0.4) is 0 Å². The normalized spacial score (nSPS) is 12.7. The highest BCUT2D eigenvalue weighted by atomic mass is 16.6. The van der Waals surface area contributed by atoms with Gasteiger partial charge in [0, 0.05) is 18.7 Å². The average Bonchev–Trinajstić information content (AvgIpc) is 2.84. The van der Waals surface area contributed by atoms with E-state index in [1.165, 1.54) is 4.90 Å². The molecule has 2 atom stereocenters. The molecule has 0 spiro atoms. The van der Waals surface area contributed by atoms with E-state index in [1.54, 1.807) is 20.8 Å². The van der Waals surface area contributed by atoms with E-state index in [0.29, 0.717) is 17.7 Å². The molecule has 40 heavy (non-hydrogen) atoms. The fourth-order valence-corrected chi connectivity index (χ4v) is 4.41. The van der Waals surface area contributed by atoms with E-state index in [-0.39, 0.29) is 25.3 Å². The molecule has 0 aromatic heterocycles. The predicted molar refractivity (Wildman–Crippen MR) is 157 cm³/mol. The molecule has 4 amide bonds. The lowest BCUT2D eigenvalue weighted by atomic mass is 9.97. The molecule has 2 aromatic carbocycles. The topological polar surface area (TPSA) is 131 Å². The Labute approximate surface area is 237 Å². The van der Waals surface area contributed by atoms with Gasteiger partial charge in [-0.2, -0.15) is 0 Å². The Hall–Kier alpha value is -3.88. The van der Waals surface area contributed by atoms with Crippen molar-refractivity contribution in [2.75, 3.05) is 11.9 Å². The van der Waals surface area contributed by atoms with Crippen molar-refractivity contribution in [3.63, 3.8) is 0 Å². The van der Waals surface area contributed by atoms with Gasteiger partial charge in [-0.25, -0.2) is 4.79 Å². The molecule has 0 bridgehead atoms. The first-order chi connectivity index (χ1) is 18.6. The summed E-state index contributed by atoms with van der Waals surface area (Å²) >= 11 is 0. The first-order valence-electron chi connectivity index (χ1n) is 13.7. The van der Waals surface area contributed by atoms with Gasteiger partial charge in [-0.3, -0.25) is 14.4 Å². The van der Waals surface area contributed by atoms with Crippen LogP contribution in [-0.2, 0) is 19.1 Å². The van der Waals surface area contributed by atoms with Crippen LogP contribution in [0, 0.1) is 27.7 Å². The third kappa shape index (κ3) is 9.10. The highest BCUT2D eigenvalue weighted by Crippen LogP contribution is 2.28. The van der Waals surface area contributed by atoms with E-state index >= 15 is 0 Å². The standard InChI is InChI=1S/C31H44N4O5/c1-9-17-35(29(38)24(15-16-25(32)36)33-30(39)40-31(6,7)8)27(23-14-13-19(2)22(5)18-23)28(37)34-26-20(3)11-10-12-21(26)4/h10-14,18,24,27H,9,15-17H2,1-8H3,(H2,32,36)(H,33,39)(H,34,37). The van der Waals surface area contributed by atoms with E-state index in [4.69, 9.17) is 10.5 Å².